The maximum atomic E-state index is 12.5. The number of nitrogens with one attached hydrogen (secondary N) is 1. The Morgan fingerprint density at radius 1 is 1.12 bits per heavy atom. The number of piperidine rings is 1. The van der Waals surface area contributed by atoms with Gasteiger partial charge in [0.05, 0.1) is 6.26 Å². The van der Waals surface area contributed by atoms with Crippen molar-refractivity contribution in [1.29, 1.82) is 0 Å². The molecule has 2 aromatic heterocycles. The number of hydrogen-bond acceptors (Lipinski definition) is 4. The number of carbonyl (C=O) groups excluding carboxylic acids is 2. The predicted octanol–water partition coefficient (Wildman–Crippen LogP) is 3.82. The zero-order chi connectivity index (χ0) is 18.1. The fourth-order valence-corrected chi connectivity index (χ4v) is 3.54. The van der Waals surface area contributed by atoms with Crippen molar-refractivity contribution in [3.63, 3.8) is 0 Å². The third kappa shape index (κ3) is 3.39. The van der Waals surface area contributed by atoms with Crippen LogP contribution in [0.25, 0.3) is 11.0 Å². The van der Waals surface area contributed by atoms with E-state index in [2.05, 4.69) is 21.2 Å². The number of halogens is 1. The number of amides is 2. The summed E-state index contributed by atoms with van der Waals surface area (Å²) in [6.45, 7) is 1.16. The van der Waals surface area contributed by atoms with Crippen LogP contribution >= 0.6 is 15.9 Å². The highest BCUT2D eigenvalue weighted by molar-refractivity contribution is 9.10. The number of hydrogen-bond donors (Lipinski definition) is 1. The molecule has 4 rings (SSSR count). The smallest absolute Gasteiger partial charge is 0.289 e. The van der Waals surface area contributed by atoms with Crippen molar-refractivity contribution in [2.45, 2.75) is 18.9 Å². The van der Waals surface area contributed by atoms with Gasteiger partial charge in [-0.05, 0) is 49.2 Å². The van der Waals surface area contributed by atoms with E-state index >= 15 is 0 Å². The highest BCUT2D eigenvalue weighted by atomic mass is 79.9. The molecular weight excluding hydrogens is 400 g/mol. The molecule has 0 saturated carbocycles. The molecule has 1 aromatic carbocycles. The van der Waals surface area contributed by atoms with Crippen LogP contribution in [-0.4, -0.2) is 35.8 Å². The van der Waals surface area contributed by atoms with Gasteiger partial charge in [0.15, 0.2) is 11.5 Å². The van der Waals surface area contributed by atoms with Crippen molar-refractivity contribution in [2.24, 2.45) is 0 Å². The van der Waals surface area contributed by atoms with Gasteiger partial charge < -0.3 is 19.1 Å². The number of rotatable bonds is 3. The van der Waals surface area contributed by atoms with Gasteiger partial charge in [0.1, 0.15) is 5.58 Å². The van der Waals surface area contributed by atoms with Crippen LogP contribution in [0, 0.1) is 0 Å². The van der Waals surface area contributed by atoms with Crippen molar-refractivity contribution in [2.75, 3.05) is 13.1 Å². The molecule has 1 N–H and O–H groups in total. The van der Waals surface area contributed by atoms with Crippen molar-refractivity contribution in [3.8, 4) is 0 Å². The lowest BCUT2D eigenvalue weighted by Gasteiger charge is -2.31. The van der Waals surface area contributed by atoms with Gasteiger partial charge >= 0.3 is 0 Å². The summed E-state index contributed by atoms with van der Waals surface area (Å²) in [4.78, 5) is 26.5. The number of benzene rings is 1. The van der Waals surface area contributed by atoms with Gasteiger partial charge in [0, 0.05) is 29.0 Å². The molecule has 2 amide bonds. The van der Waals surface area contributed by atoms with E-state index in [1.54, 1.807) is 23.1 Å². The minimum Gasteiger partial charge on any atom is -0.459 e. The molecule has 0 bridgehead atoms. The first-order valence-electron chi connectivity index (χ1n) is 8.43. The maximum absolute atomic E-state index is 12.5. The second kappa shape index (κ2) is 6.99. The zero-order valence-corrected chi connectivity index (χ0v) is 15.5. The standard InChI is InChI=1S/C19H17BrN2O4/c20-13-3-4-15-12(10-13)11-17(26-15)18(23)21-14-5-7-22(8-6-14)19(24)16-2-1-9-25-16/h1-4,9-11,14H,5-8H2,(H,21,23). The van der Waals surface area contributed by atoms with Gasteiger partial charge in [-0.3, -0.25) is 9.59 Å². The maximum Gasteiger partial charge on any atom is 0.289 e. The lowest BCUT2D eigenvalue weighted by molar-refractivity contribution is 0.0665. The zero-order valence-electron chi connectivity index (χ0n) is 13.9. The van der Waals surface area contributed by atoms with E-state index in [1.807, 2.05) is 18.2 Å². The lowest BCUT2D eigenvalue weighted by atomic mass is 10.0. The molecule has 0 aliphatic carbocycles. The molecule has 6 nitrogen and oxygen atoms in total. The SMILES string of the molecule is O=C(NC1CCN(C(=O)c2ccco2)CC1)c1cc2cc(Br)ccc2o1. The van der Waals surface area contributed by atoms with Crippen LogP contribution in [0.15, 0.2) is 56.0 Å². The molecular formula is C19H17BrN2O4. The normalized spacial score (nSPS) is 15.3. The topological polar surface area (TPSA) is 75.7 Å². The summed E-state index contributed by atoms with van der Waals surface area (Å²) in [5, 5.41) is 3.88. The van der Waals surface area contributed by atoms with E-state index in [9.17, 15) is 9.59 Å². The summed E-state index contributed by atoms with van der Waals surface area (Å²) in [6, 6.07) is 10.7. The van der Waals surface area contributed by atoms with Crippen LogP contribution < -0.4 is 5.32 Å². The first kappa shape index (κ1) is 16.9. The number of nitrogens with zero attached hydrogens (tertiary/aromatic N) is 1. The molecule has 134 valence electrons. The van der Waals surface area contributed by atoms with Gasteiger partial charge in [0.25, 0.3) is 11.8 Å². The number of carbonyl (C=O) groups is 2. The first-order valence-corrected chi connectivity index (χ1v) is 9.22. The fraction of sp³-hybridized carbons (Fsp3) is 0.263. The van der Waals surface area contributed by atoms with E-state index in [1.165, 1.54) is 6.26 Å². The molecule has 7 heteroatoms. The minimum atomic E-state index is -0.229. The van der Waals surface area contributed by atoms with Crippen molar-refractivity contribution < 1.29 is 18.4 Å². The lowest BCUT2D eigenvalue weighted by Crippen LogP contribution is -2.46. The van der Waals surface area contributed by atoms with Crippen molar-refractivity contribution in [1.82, 2.24) is 10.2 Å². The van der Waals surface area contributed by atoms with Gasteiger partial charge in [-0.1, -0.05) is 15.9 Å². The third-order valence-corrected chi connectivity index (χ3v) is 5.04. The number of fused-ring (bicyclic) bond motifs is 1. The molecule has 0 unspecified atom stereocenters. The van der Waals surface area contributed by atoms with E-state index in [0.29, 0.717) is 43.0 Å². The van der Waals surface area contributed by atoms with Crippen LogP contribution in [0.2, 0.25) is 0 Å². The van der Waals surface area contributed by atoms with Gasteiger partial charge in [-0.2, -0.15) is 0 Å². The fourth-order valence-electron chi connectivity index (χ4n) is 3.17. The van der Waals surface area contributed by atoms with Crippen LogP contribution in [0.3, 0.4) is 0 Å². The quantitative estimate of drug-likeness (QED) is 0.703. The monoisotopic (exact) mass is 416 g/mol. The number of furan rings is 2. The summed E-state index contributed by atoms with van der Waals surface area (Å²) in [6.07, 6.45) is 2.89. The Hall–Kier alpha value is -2.54. The summed E-state index contributed by atoms with van der Waals surface area (Å²) in [7, 11) is 0. The average Bonchev–Trinajstić information content (AvgIpc) is 3.31. The molecule has 1 saturated heterocycles. The average molecular weight is 417 g/mol. The van der Waals surface area contributed by atoms with Crippen molar-refractivity contribution >= 4 is 38.7 Å². The highest BCUT2D eigenvalue weighted by Gasteiger charge is 2.26. The summed E-state index contributed by atoms with van der Waals surface area (Å²) >= 11 is 3.41. The second-order valence-corrected chi connectivity index (χ2v) is 7.23. The highest BCUT2D eigenvalue weighted by Crippen LogP contribution is 2.23. The Morgan fingerprint density at radius 2 is 1.92 bits per heavy atom. The van der Waals surface area contributed by atoms with Crippen LogP contribution in [0.4, 0.5) is 0 Å². The van der Waals surface area contributed by atoms with Gasteiger partial charge in [0.2, 0.25) is 0 Å². The number of likely N-dealkylation sites (tertiary alicyclic amines) is 1. The molecule has 1 aliphatic heterocycles. The Kier molecular flexibility index (Phi) is 4.55. The Balaban J connectivity index is 1.36. The van der Waals surface area contributed by atoms with E-state index in [-0.39, 0.29) is 17.9 Å². The largest absolute Gasteiger partial charge is 0.459 e. The Bertz CT molecular complexity index is 940. The molecule has 0 radical (unpaired) electrons. The molecule has 26 heavy (non-hydrogen) atoms. The summed E-state index contributed by atoms with van der Waals surface area (Å²) in [5.74, 6) is 0.309. The molecule has 1 fully saturated rings. The van der Waals surface area contributed by atoms with E-state index < -0.39 is 0 Å². The van der Waals surface area contributed by atoms with Crippen LogP contribution in [-0.2, 0) is 0 Å². The molecule has 0 atom stereocenters. The minimum absolute atomic E-state index is 0.0168. The summed E-state index contributed by atoms with van der Waals surface area (Å²) in [5.41, 5.74) is 0.678. The van der Waals surface area contributed by atoms with Gasteiger partial charge in [-0.15, -0.1) is 0 Å². The molecule has 1 aliphatic rings. The Morgan fingerprint density at radius 3 is 2.65 bits per heavy atom. The summed E-state index contributed by atoms with van der Waals surface area (Å²) < 4.78 is 11.7. The molecule has 0 spiro atoms. The molecule has 3 aromatic rings. The van der Waals surface area contributed by atoms with E-state index in [0.717, 1.165) is 9.86 Å². The Labute approximate surface area is 158 Å². The van der Waals surface area contributed by atoms with Crippen LogP contribution in [0.1, 0.15) is 34.0 Å². The first-order chi connectivity index (χ1) is 12.6. The predicted molar refractivity (Wildman–Crippen MR) is 99.0 cm³/mol. The molecule has 3 heterocycles. The van der Waals surface area contributed by atoms with Crippen molar-refractivity contribution in [3.05, 3.63) is 58.7 Å². The van der Waals surface area contributed by atoms with E-state index in [4.69, 9.17) is 8.83 Å². The van der Waals surface area contributed by atoms with Gasteiger partial charge in [-0.25, -0.2) is 0 Å². The third-order valence-electron chi connectivity index (χ3n) is 4.55. The van der Waals surface area contributed by atoms with Crippen LogP contribution in [0.5, 0.6) is 0 Å². The second-order valence-electron chi connectivity index (χ2n) is 6.31.